The fraction of sp³-hybridized carbons (Fsp3) is 0.250. The number of anilines is 1. The number of carbonyl (C=O) groups excluding carboxylic acids is 1. The summed E-state index contributed by atoms with van der Waals surface area (Å²) in [5, 5.41) is 6.04. The van der Waals surface area contributed by atoms with Crippen molar-refractivity contribution in [2.75, 3.05) is 5.32 Å². The van der Waals surface area contributed by atoms with Crippen molar-refractivity contribution in [3.05, 3.63) is 59.9 Å². The standard InChI is InChI=1S/C16H20N4O/c1-11(19-12(2)15-5-3-4-10-18-15)13-6-8-14(9-7-13)20-16(17)21/h3-12,19H,1-2H3,(H3,17,20,21)/t11?,12-/m1/s1. The van der Waals surface area contributed by atoms with Gasteiger partial charge in [-0.25, -0.2) is 4.79 Å². The summed E-state index contributed by atoms with van der Waals surface area (Å²) in [7, 11) is 0. The van der Waals surface area contributed by atoms with Crippen molar-refractivity contribution in [3.63, 3.8) is 0 Å². The highest BCUT2D eigenvalue weighted by molar-refractivity contribution is 5.87. The third-order valence-electron chi connectivity index (χ3n) is 3.31. The predicted octanol–water partition coefficient (Wildman–Crippen LogP) is 2.98. The van der Waals surface area contributed by atoms with Crippen LogP contribution in [0.1, 0.15) is 37.2 Å². The molecule has 1 aromatic heterocycles. The number of nitrogens with zero attached hydrogens (tertiary/aromatic N) is 1. The van der Waals surface area contributed by atoms with Crippen molar-refractivity contribution in [2.45, 2.75) is 25.9 Å². The van der Waals surface area contributed by atoms with Crippen LogP contribution in [0.25, 0.3) is 0 Å². The van der Waals surface area contributed by atoms with E-state index in [1.54, 1.807) is 6.20 Å². The number of rotatable bonds is 5. The lowest BCUT2D eigenvalue weighted by molar-refractivity contribution is 0.259. The largest absolute Gasteiger partial charge is 0.351 e. The second-order valence-corrected chi connectivity index (χ2v) is 4.98. The quantitative estimate of drug-likeness (QED) is 0.789. The van der Waals surface area contributed by atoms with Crippen molar-refractivity contribution in [1.29, 1.82) is 0 Å². The van der Waals surface area contributed by atoms with Gasteiger partial charge < -0.3 is 16.4 Å². The van der Waals surface area contributed by atoms with Gasteiger partial charge in [-0.3, -0.25) is 4.98 Å². The summed E-state index contributed by atoms with van der Waals surface area (Å²) in [6.45, 7) is 4.18. The molecule has 5 heteroatoms. The first-order valence-electron chi connectivity index (χ1n) is 6.89. The minimum Gasteiger partial charge on any atom is -0.351 e. The van der Waals surface area contributed by atoms with E-state index in [9.17, 15) is 4.79 Å². The minimum atomic E-state index is -0.558. The van der Waals surface area contributed by atoms with E-state index in [1.165, 1.54) is 0 Å². The normalized spacial score (nSPS) is 13.4. The van der Waals surface area contributed by atoms with Crippen LogP contribution >= 0.6 is 0 Å². The summed E-state index contributed by atoms with van der Waals surface area (Å²) in [5.41, 5.74) is 7.92. The molecule has 2 aromatic rings. The molecular weight excluding hydrogens is 264 g/mol. The molecule has 0 aliphatic carbocycles. The van der Waals surface area contributed by atoms with Crippen molar-refractivity contribution in [1.82, 2.24) is 10.3 Å². The van der Waals surface area contributed by atoms with Gasteiger partial charge in [-0.05, 0) is 43.7 Å². The topological polar surface area (TPSA) is 80.0 Å². The van der Waals surface area contributed by atoms with Gasteiger partial charge in [-0.2, -0.15) is 0 Å². The van der Waals surface area contributed by atoms with Gasteiger partial charge in [0.25, 0.3) is 0 Å². The first-order chi connectivity index (χ1) is 10.1. The fourth-order valence-corrected chi connectivity index (χ4v) is 2.19. The summed E-state index contributed by atoms with van der Waals surface area (Å²) in [4.78, 5) is 15.1. The molecule has 110 valence electrons. The number of pyridine rings is 1. The van der Waals surface area contributed by atoms with Crippen molar-refractivity contribution >= 4 is 11.7 Å². The van der Waals surface area contributed by atoms with Crippen molar-refractivity contribution in [2.24, 2.45) is 5.73 Å². The summed E-state index contributed by atoms with van der Waals surface area (Å²) in [6, 6.07) is 13.3. The second-order valence-electron chi connectivity index (χ2n) is 4.98. The lowest BCUT2D eigenvalue weighted by Crippen LogP contribution is -2.23. The smallest absolute Gasteiger partial charge is 0.316 e. The Labute approximate surface area is 124 Å². The molecule has 5 nitrogen and oxygen atoms in total. The van der Waals surface area contributed by atoms with Gasteiger partial charge in [0, 0.05) is 24.0 Å². The number of amides is 2. The van der Waals surface area contributed by atoms with E-state index in [0.717, 1.165) is 11.3 Å². The first kappa shape index (κ1) is 15.0. The Morgan fingerprint density at radius 1 is 1.10 bits per heavy atom. The molecule has 1 aromatic carbocycles. The monoisotopic (exact) mass is 284 g/mol. The van der Waals surface area contributed by atoms with E-state index in [1.807, 2.05) is 42.5 Å². The van der Waals surface area contributed by atoms with Crippen LogP contribution in [0, 0.1) is 0 Å². The first-order valence-corrected chi connectivity index (χ1v) is 6.89. The average molecular weight is 284 g/mol. The van der Waals surface area contributed by atoms with Crippen molar-refractivity contribution in [3.8, 4) is 0 Å². The average Bonchev–Trinajstić information content (AvgIpc) is 2.48. The summed E-state index contributed by atoms with van der Waals surface area (Å²) < 4.78 is 0. The van der Waals surface area contributed by atoms with Crippen LogP contribution < -0.4 is 16.4 Å². The Bertz CT molecular complexity index is 583. The molecule has 4 N–H and O–H groups in total. The van der Waals surface area contributed by atoms with Crippen LogP contribution in [-0.2, 0) is 0 Å². The third-order valence-corrected chi connectivity index (χ3v) is 3.31. The number of hydrogen-bond donors (Lipinski definition) is 3. The van der Waals surface area contributed by atoms with E-state index in [-0.39, 0.29) is 12.1 Å². The fourth-order valence-electron chi connectivity index (χ4n) is 2.19. The predicted molar refractivity (Wildman–Crippen MR) is 83.9 cm³/mol. The molecule has 21 heavy (non-hydrogen) atoms. The number of benzene rings is 1. The van der Waals surface area contributed by atoms with Crippen LogP contribution in [0.2, 0.25) is 0 Å². The van der Waals surface area contributed by atoms with Crippen LogP contribution in [0.4, 0.5) is 10.5 Å². The van der Waals surface area contributed by atoms with Gasteiger partial charge in [0.05, 0.1) is 5.69 Å². The lowest BCUT2D eigenvalue weighted by Gasteiger charge is -2.20. The van der Waals surface area contributed by atoms with Crippen LogP contribution in [0.5, 0.6) is 0 Å². The summed E-state index contributed by atoms with van der Waals surface area (Å²) >= 11 is 0. The highest BCUT2D eigenvalue weighted by Crippen LogP contribution is 2.19. The summed E-state index contributed by atoms with van der Waals surface area (Å²) in [6.07, 6.45) is 1.79. The van der Waals surface area contributed by atoms with Gasteiger partial charge in [0.1, 0.15) is 0 Å². The number of primary amides is 1. The molecule has 0 aliphatic rings. The van der Waals surface area contributed by atoms with Gasteiger partial charge >= 0.3 is 6.03 Å². The van der Waals surface area contributed by atoms with Crippen LogP contribution in [0.15, 0.2) is 48.7 Å². The van der Waals surface area contributed by atoms with E-state index in [0.29, 0.717) is 5.69 Å². The Morgan fingerprint density at radius 2 is 1.81 bits per heavy atom. The maximum atomic E-state index is 10.8. The van der Waals surface area contributed by atoms with E-state index >= 15 is 0 Å². The molecular formula is C16H20N4O. The Kier molecular flexibility index (Phi) is 4.90. The molecule has 1 heterocycles. The minimum absolute atomic E-state index is 0.157. The zero-order valence-electron chi connectivity index (χ0n) is 12.2. The van der Waals surface area contributed by atoms with Gasteiger partial charge in [0.2, 0.25) is 0 Å². The number of nitrogens with two attached hydrogens (primary N) is 1. The van der Waals surface area contributed by atoms with Crippen LogP contribution in [-0.4, -0.2) is 11.0 Å². The van der Waals surface area contributed by atoms with E-state index in [2.05, 4.69) is 29.5 Å². The molecule has 2 rings (SSSR count). The van der Waals surface area contributed by atoms with E-state index < -0.39 is 6.03 Å². The third kappa shape index (κ3) is 4.29. The van der Waals surface area contributed by atoms with Crippen LogP contribution in [0.3, 0.4) is 0 Å². The molecule has 0 saturated carbocycles. The molecule has 2 amide bonds. The summed E-state index contributed by atoms with van der Waals surface area (Å²) in [5.74, 6) is 0. The number of hydrogen-bond acceptors (Lipinski definition) is 3. The molecule has 0 spiro atoms. The van der Waals surface area contributed by atoms with Gasteiger partial charge in [-0.1, -0.05) is 18.2 Å². The molecule has 0 saturated heterocycles. The molecule has 1 unspecified atom stereocenters. The Balaban J connectivity index is 2.00. The molecule has 2 atom stereocenters. The highest BCUT2D eigenvalue weighted by Gasteiger charge is 2.11. The number of aromatic nitrogens is 1. The maximum absolute atomic E-state index is 10.8. The molecule has 0 bridgehead atoms. The zero-order chi connectivity index (χ0) is 15.2. The molecule has 0 fully saturated rings. The van der Waals surface area contributed by atoms with Gasteiger partial charge in [-0.15, -0.1) is 0 Å². The Morgan fingerprint density at radius 3 is 2.38 bits per heavy atom. The Hall–Kier alpha value is -2.40. The van der Waals surface area contributed by atoms with Gasteiger partial charge in [0.15, 0.2) is 0 Å². The number of nitrogens with one attached hydrogen (secondary N) is 2. The maximum Gasteiger partial charge on any atom is 0.316 e. The zero-order valence-corrected chi connectivity index (χ0v) is 12.2. The van der Waals surface area contributed by atoms with E-state index in [4.69, 9.17) is 5.73 Å². The van der Waals surface area contributed by atoms with Crippen molar-refractivity contribution < 1.29 is 4.79 Å². The SMILES string of the molecule is CC(N[C@H](C)c1ccccn1)c1ccc(NC(N)=O)cc1. The highest BCUT2D eigenvalue weighted by atomic mass is 16.2. The molecule has 0 aliphatic heterocycles. The second kappa shape index (κ2) is 6.85. The lowest BCUT2D eigenvalue weighted by atomic mass is 10.1. The molecule has 0 radical (unpaired) electrons. The number of carbonyl (C=O) groups is 1. The number of urea groups is 1.